The molecule has 212 valence electrons. The van der Waals surface area contributed by atoms with Crippen LogP contribution in [0.1, 0.15) is 168 Å². The maximum Gasteiger partial charge on any atom is 0.0366 e. The summed E-state index contributed by atoms with van der Waals surface area (Å²) in [5, 5.41) is 0. The zero-order valence-corrected chi connectivity index (χ0v) is 25.7. The summed E-state index contributed by atoms with van der Waals surface area (Å²) in [4.78, 5) is 2.69. The molecule has 2 heteroatoms. The van der Waals surface area contributed by atoms with Crippen molar-refractivity contribution < 1.29 is 0 Å². The number of aryl methyl sites for hydroxylation is 1. The molecule has 0 radical (unpaired) electrons. The molecule has 0 spiro atoms. The molecule has 0 fully saturated rings. The molecule has 0 aromatic heterocycles. The van der Waals surface area contributed by atoms with Crippen molar-refractivity contribution in [2.24, 2.45) is 0 Å². The van der Waals surface area contributed by atoms with Gasteiger partial charge in [-0.3, -0.25) is 0 Å². The minimum absolute atomic E-state index is 0. The van der Waals surface area contributed by atoms with Crippen LogP contribution in [0.25, 0.3) is 0 Å². The minimum Gasteiger partial charge on any atom is -0.372 e. The van der Waals surface area contributed by atoms with E-state index in [9.17, 15) is 0 Å². The molecule has 0 atom stereocenters. The zero-order valence-electron chi connectivity index (χ0n) is 24.8. The SMILES string of the molecule is CCCCCCCCCCCCN(CCCCCCCCCCCC)c1ccc(CCCC)cc1.Cl. The second kappa shape index (κ2) is 27.3. The number of halogens is 1. The molecular formula is C34H64ClN. The highest BCUT2D eigenvalue weighted by atomic mass is 35.5. The van der Waals surface area contributed by atoms with Gasteiger partial charge in [-0.1, -0.05) is 155 Å². The fourth-order valence-electron chi connectivity index (χ4n) is 5.20. The molecule has 0 unspecified atom stereocenters. The molecule has 0 saturated carbocycles. The Morgan fingerprint density at radius 2 is 0.750 bits per heavy atom. The number of nitrogens with zero attached hydrogens (tertiary/aromatic N) is 1. The first-order chi connectivity index (χ1) is 17.3. The van der Waals surface area contributed by atoms with Crippen molar-refractivity contribution in [1.82, 2.24) is 0 Å². The van der Waals surface area contributed by atoms with Gasteiger partial charge in [0, 0.05) is 18.8 Å². The standard InChI is InChI=1S/C34H63N.ClH/c1-4-7-10-12-14-16-18-20-22-24-31-35(34-29-27-33(28-30-34)26-9-6-3)32-25-23-21-19-17-15-13-11-8-5-2;/h27-30H,4-26,31-32H2,1-3H3;1H. The van der Waals surface area contributed by atoms with Crippen LogP contribution in [0.3, 0.4) is 0 Å². The quantitative estimate of drug-likeness (QED) is 0.109. The molecule has 0 heterocycles. The Morgan fingerprint density at radius 3 is 1.11 bits per heavy atom. The summed E-state index contributed by atoms with van der Waals surface area (Å²) < 4.78 is 0. The van der Waals surface area contributed by atoms with Crippen LogP contribution in [0.4, 0.5) is 5.69 Å². The van der Waals surface area contributed by atoms with Crippen LogP contribution < -0.4 is 4.90 Å². The van der Waals surface area contributed by atoms with Gasteiger partial charge in [0.2, 0.25) is 0 Å². The number of hydrogen-bond acceptors (Lipinski definition) is 1. The van der Waals surface area contributed by atoms with Crippen molar-refractivity contribution in [1.29, 1.82) is 0 Å². The van der Waals surface area contributed by atoms with Crippen molar-refractivity contribution in [2.75, 3.05) is 18.0 Å². The van der Waals surface area contributed by atoms with Gasteiger partial charge in [0.15, 0.2) is 0 Å². The van der Waals surface area contributed by atoms with Crippen LogP contribution in [-0.2, 0) is 6.42 Å². The topological polar surface area (TPSA) is 3.24 Å². The van der Waals surface area contributed by atoms with Gasteiger partial charge in [-0.05, 0) is 43.4 Å². The molecule has 0 aliphatic carbocycles. The van der Waals surface area contributed by atoms with Crippen LogP contribution in [0.5, 0.6) is 0 Å². The Kier molecular flexibility index (Phi) is 26.8. The minimum atomic E-state index is 0. The van der Waals surface area contributed by atoms with Crippen LogP contribution in [-0.4, -0.2) is 13.1 Å². The van der Waals surface area contributed by atoms with Gasteiger partial charge in [0.25, 0.3) is 0 Å². The number of benzene rings is 1. The Morgan fingerprint density at radius 1 is 0.417 bits per heavy atom. The van der Waals surface area contributed by atoms with E-state index in [4.69, 9.17) is 0 Å². The number of unbranched alkanes of at least 4 members (excludes halogenated alkanes) is 19. The van der Waals surface area contributed by atoms with E-state index in [-0.39, 0.29) is 12.4 Å². The fraction of sp³-hybridized carbons (Fsp3) is 0.824. The largest absolute Gasteiger partial charge is 0.372 e. The highest BCUT2D eigenvalue weighted by Gasteiger charge is 2.07. The molecule has 1 aromatic carbocycles. The lowest BCUT2D eigenvalue weighted by molar-refractivity contribution is 0.543. The number of hydrogen-bond donors (Lipinski definition) is 0. The predicted octanol–water partition coefficient (Wildman–Crippen LogP) is 12.1. The van der Waals surface area contributed by atoms with E-state index in [2.05, 4.69) is 49.9 Å². The summed E-state index contributed by atoms with van der Waals surface area (Å²) in [5.74, 6) is 0. The number of rotatable bonds is 26. The van der Waals surface area contributed by atoms with E-state index in [1.807, 2.05) is 0 Å². The second-order valence-electron chi connectivity index (χ2n) is 11.1. The van der Waals surface area contributed by atoms with Gasteiger partial charge in [0.05, 0.1) is 0 Å². The van der Waals surface area contributed by atoms with Gasteiger partial charge in [0.1, 0.15) is 0 Å². The lowest BCUT2D eigenvalue weighted by Gasteiger charge is -2.25. The van der Waals surface area contributed by atoms with E-state index in [1.165, 1.54) is 172 Å². The molecule has 0 N–H and O–H groups in total. The molecule has 1 aromatic rings. The first-order valence-corrected chi connectivity index (χ1v) is 16.2. The third kappa shape index (κ3) is 20.4. The van der Waals surface area contributed by atoms with Crippen molar-refractivity contribution in [3.05, 3.63) is 29.8 Å². The average Bonchev–Trinajstić information content (AvgIpc) is 2.88. The molecule has 36 heavy (non-hydrogen) atoms. The Hall–Kier alpha value is -0.690. The smallest absolute Gasteiger partial charge is 0.0366 e. The third-order valence-corrected chi connectivity index (χ3v) is 7.68. The predicted molar refractivity (Wildman–Crippen MR) is 168 cm³/mol. The lowest BCUT2D eigenvalue weighted by Crippen LogP contribution is -2.25. The first kappa shape index (κ1) is 35.3. The molecule has 0 aliphatic heterocycles. The van der Waals surface area contributed by atoms with Gasteiger partial charge in [-0.25, -0.2) is 0 Å². The summed E-state index contributed by atoms with van der Waals surface area (Å²) in [6.45, 7) is 9.38. The van der Waals surface area contributed by atoms with E-state index in [0.29, 0.717) is 0 Å². The Bertz CT molecular complexity index is 517. The summed E-state index contributed by atoms with van der Waals surface area (Å²) in [7, 11) is 0. The molecule has 1 nitrogen and oxygen atoms in total. The summed E-state index contributed by atoms with van der Waals surface area (Å²) >= 11 is 0. The molecule has 0 bridgehead atoms. The lowest BCUT2D eigenvalue weighted by atomic mass is 10.1. The molecule has 0 aliphatic rings. The van der Waals surface area contributed by atoms with Gasteiger partial charge < -0.3 is 4.90 Å². The first-order valence-electron chi connectivity index (χ1n) is 16.2. The van der Waals surface area contributed by atoms with Crippen molar-refractivity contribution in [3.63, 3.8) is 0 Å². The van der Waals surface area contributed by atoms with Gasteiger partial charge in [-0.2, -0.15) is 0 Å². The van der Waals surface area contributed by atoms with Crippen molar-refractivity contribution in [3.8, 4) is 0 Å². The van der Waals surface area contributed by atoms with Crippen LogP contribution in [0, 0.1) is 0 Å². The normalized spacial score (nSPS) is 11.0. The van der Waals surface area contributed by atoms with Gasteiger partial charge >= 0.3 is 0 Å². The summed E-state index contributed by atoms with van der Waals surface area (Å²) in [6, 6.07) is 9.57. The third-order valence-electron chi connectivity index (χ3n) is 7.68. The van der Waals surface area contributed by atoms with Crippen LogP contribution >= 0.6 is 12.4 Å². The Balaban J connectivity index is 0.0000122. The van der Waals surface area contributed by atoms with E-state index in [0.717, 1.165) is 0 Å². The van der Waals surface area contributed by atoms with E-state index >= 15 is 0 Å². The fourth-order valence-corrected chi connectivity index (χ4v) is 5.20. The highest BCUT2D eigenvalue weighted by Crippen LogP contribution is 2.20. The van der Waals surface area contributed by atoms with E-state index in [1.54, 1.807) is 0 Å². The molecule has 0 saturated heterocycles. The second-order valence-corrected chi connectivity index (χ2v) is 11.1. The van der Waals surface area contributed by atoms with E-state index < -0.39 is 0 Å². The molecule has 1 rings (SSSR count). The Labute approximate surface area is 234 Å². The zero-order chi connectivity index (χ0) is 25.2. The maximum atomic E-state index is 2.69. The highest BCUT2D eigenvalue weighted by molar-refractivity contribution is 5.85. The van der Waals surface area contributed by atoms with Crippen LogP contribution in [0.2, 0.25) is 0 Å². The summed E-state index contributed by atoms with van der Waals surface area (Å²) in [5.41, 5.74) is 2.96. The van der Waals surface area contributed by atoms with Gasteiger partial charge in [-0.15, -0.1) is 12.4 Å². The maximum absolute atomic E-state index is 2.69. The summed E-state index contributed by atoms with van der Waals surface area (Å²) in [6.07, 6.45) is 32.2. The van der Waals surface area contributed by atoms with Crippen molar-refractivity contribution >= 4 is 18.1 Å². The van der Waals surface area contributed by atoms with Crippen molar-refractivity contribution in [2.45, 2.75) is 168 Å². The number of anilines is 1. The van der Waals surface area contributed by atoms with Crippen LogP contribution in [0.15, 0.2) is 24.3 Å². The average molecular weight is 522 g/mol. The monoisotopic (exact) mass is 521 g/mol. The molecule has 0 amide bonds. The molecular weight excluding hydrogens is 458 g/mol.